The Kier molecular flexibility index (Phi) is 4.75. The van der Waals surface area contributed by atoms with E-state index in [9.17, 15) is 18.0 Å². The monoisotopic (exact) mass is 375 g/mol. The Bertz CT molecular complexity index is 992. The van der Waals surface area contributed by atoms with Gasteiger partial charge in [0.05, 0.1) is 11.4 Å². The van der Waals surface area contributed by atoms with Crippen LogP contribution in [0.25, 0.3) is 16.9 Å². The summed E-state index contributed by atoms with van der Waals surface area (Å²) in [6.07, 6.45) is -4.59. The number of carbonyl (C=O) groups is 1. The highest BCUT2D eigenvalue weighted by molar-refractivity contribution is 5.93. The Labute approximate surface area is 153 Å². The van der Waals surface area contributed by atoms with Crippen molar-refractivity contribution >= 4 is 5.91 Å². The van der Waals surface area contributed by atoms with Crippen molar-refractivity contribution in [2.75, 3.05) is 0 Å². The van der Waals surface area contributed by atoms with E-state index in [1.54, 1.807) is 6.07 Å². The lowest BCUT2D eigenvalue weighted by Gasteiger charge is -2.11. The minimum absolute atomic E-state index is 0.165. The van der Waals surface area contributed by atoms with Gasteiger partial charge in [0.1, 0.15) is 0 Å². The van der Waals surface area contributed by atoms with E-state index < -0.39 is 17.8 Å². The van der Waals surface area contributed by atoms with Crippen LogP contribution in [0.1, 0.15) is 27.2 Å². The topological polar surface area (TPSA) is 67.2 Å². The number of alkyl halides is 3. The summed E-state index contributed by atoms with van der Waals surface area (Å²) in [5, 5.41) is 12.4. The molecule has 3 rings (SSSR count). The molecule has 0 aliphatic rings. The SMILES string of the molecule is Cc1ccc(C)c(-c2cc(C(F)(F)F)nn2-c2ccc(C(=O)NO)cc2)c1. The lowest BCUT2D eigenvalue weighted by molar-refractivity contribution is -0.141. The number of hydroxylamine groups is 1. The van der Waals surface area contributed by atoms with E-state index in [0.717, 1.165) is 17.2 Å². The fourth-order valence-electron chi connectivity index (χ4n) is 2.74. The molecular weight excluding hydrogens is 359 g/mol. The van der Waals surface area contributed by atoms with Crippen LogP contribution in [0, 0.1) is 13.8 Å². The van der Waals surface area contributed by atoms with Crippen molar-refractivity contribution in [3.8, 4) is 16.9 Å². The summed E-state index contributed by atoms with van der Waals surface area (Å²) in [7, 11) is 0. The Morgan fingerprint density at radius 2 is 1.74 bits per heavy atom. The Hall–Kier alpha value is -3.13. The first-order chi connectivity index (χ1) is 12.7. The lowest BCUT2D eigenvalue weighted by atomic mass is 10.0. The number of hydrogen-bond acceptors (Lipinski definition) is 3. The molecule has 0 saturated carbocycles. The predicted molar refractivity (Wildman–Crippen MR) is 92.7 cm³/mol. The zero-order chi connectivity index (χ0) is 19.8. The third-order valence-corrected chi connectivity index (χ3v) is 4.14. The fourth-order valence-corrected chi connectivity index (χ4v) is 2.74. The van der Waals surface area contributed by atoms with Crippen LogP contribution in [-0.2, 0) is 6.18 Å². The van der Waals surface area contributed by atoms with Gasteiger partial charge >= 0.3 is 6.18 Å². The highest BCUT2D eigenvalue weighted by Crippen LogP contribution is 2.34. The van der Waals surface area contributed by atoms with Crippen molar-refractivity contribution in [1.82, 2.24) is 15.3 Å². The van der Waals surface area contributed by atoms with Crippen molar-refractivity contribution < 1.29 is 23.2 Å². The highest BCUT2D eigenvalue weighted by atomic mass is 19.4. The second-order valence-corrected chi connectivity index (χ2v) is 6.13. The summed E-state index contributed by atoms with van der Waals surface area (Å²) in [6.45, 7) is 3.67. The van der Waals surface area contributed by atoms with Gasteiger partial charge in [0.15, 0.2) is 5.69 Å². The maximum atomic E-state index is 13.3. The van der Waals surface area contributed by atoms with Crippen molar-refractivity contribution in [2.45, 2.75) is 20.0 Å². The van der Waals surface area contributed by atoms with Gasteiger partial charge in [0, 0.05) is 11.1 Å². The van der Waals surface area contributed by atoms with Gasteiger partial charge in [0.2, 0.25) is 0 Å². The van der Waals surface area contributed by atoms with Crippen LogP contribution < -0.4 is 5.48 Å². The van der Waals surface area contributed by atoms with Gasteiger partial charge in [-0.1, -0.05) is 17.7 Å². The number of rotatable bonds is 3. The van der Waals surface area contributed by atoms with Crippen molar-refractivity contribution in [3.63, 3.8) is 0 Å². The molecule has 0 unspecified atom stereocenters. The summed E-state index contributed by atoms with van der Waals surface area (Å²) in [6, 6.07) is 12.2. The van der Waals surface area contributed by atoms with Crippen molar-refractivity contribution in [1.29, 1.82) is 0 Å². The number of aromatic nitrogens is 2. The van der Waals surface area contributed by atoms with Gasteiger partial charge in [0.25, 0.3) is 5.91 Å². The van der Waals surface area contributed by atoms with Gasteiger partial charge in [-0.05, 0) is 55.8 Å². The molecule has 27 heavy (non-hydrogen) atoms. The first-order valence-electron chi connectivity index (χ1n) is 8.00. The number of nitrogens with zero attached hydrogens (tertiary/aromatic N) is 2. The predicted octanol–water partition coefficient (Wildman–Crippen LogP) is 4.29. The van der Waals surface area contributed by atoms with Crippen LogP contribution in [0.4, 0.5) is 13.2 Å². The summed E-state index contributed by atoms with van der Waals surface area (Å²) >= 11 is 0. The van der Waals surface area contributed by atoms with E-state index >= 15 is 0 Å². The van der Waals surface area contributed by atoms with E-state index in [-0.39, 0.29) is 5.56 Å². The molecule has 5 nitrogen and oxygen atoms in total. The van der Waals surface area contributed by atoms with E-state index in [1.807, 2.05) is 26.0 Å². The molecule has 140 valence electrons. The van der Waals surface area contributed by atoms with Gasteiger partial charge in [-0.3, -0.25) is 10.0 Å². The maximum Gasteiger partial charge on any atom is 0.435 e. The number of carbonyl (C=O) groups excluding carboxylic acids is 1. The van der Waals surface area contributed by atoms with Gasteiger partial charge in [-0.2, -0.15) is 18.3 Å². The normalized spacial score (nSPS) is 11.5. The summed E-state index contributed by atoms with van der Waals surface area (Å²) in [5.74, 6) is -0.715. The summed E-state index contributed by atoms with van der Waals surface area (Å²) in [4.78, 5) is 11.4. The van der Waals surface area contributed by atoms with Crippen molar-refractivity contribution in [2.24, 2.45) is 0 Å². The van der Waals surface area contributed by atoms with Crippen LogP contribution in [0.15, 0.2) is 48.5 Å². The second-order valence-electron chi connectivity index (χ2n) is 6.13. The molecule has 0 atom stereocenters. The van der Waals surface area contributed by atoms with Crippen LogP contribution in [-0.4, -0.2) is 20.9 Å². The molecule has 0 aliphatic heterocycles. The van der Waals surface area contributed by atoms with Gasteiger partial charge in [-0.15, -0.1) is 0 Å². The van der Waals surface area contributed by atoms with Crippen LogP contribution in [0.2, 0.25) is 0 Å². The first-order valence-corrected chi connectivity index (χ1v) is 8.00. The number of amides is 1. The molecule has 2 aromatic carbocycles. The Balaban J connectivity index is 2.18. The van der Waals surface area contributed by atoms with Crippen LogP contribution >= 0.6 is 0 Å². The molecule has 0 radical (unpaired) electrons. The molecule has 2 N–H and O–H groups in total. The van der Waals surface area contributed by atoms with E-state index in [0.29, 0.717) is 16.9 Å². The molecular formula is C19H16F3N3O2. The van der Waals surface area contributed by atoms with Crippen molar-refractivity contribution in [3.05, 3.63) is 70.9 Å². The molecule has 1 aromatic heterocycles. The number of hydrogen-bond donors (Lipinski definition) is 2. The number of aryl methyl sites for hydroxylation is 2. The van der Waals surface area contributed by atoms with Gasteiger partial charge in [-0.25, -0.2) is 10.2 Å². The second kappa shape index (κ2) is 6.88. The minimum Gasteiger partial charge on any atom is -0.288 e. The average Bonchev–Trinajstić information content (AvgIpc) is 3.08. The summed E-state index contributed by atoms with van der Waals surface area (Å²) in [5.41, 5.74) is 3.67. The average molecular weight is 375 g/mol. The molecule has 0 saturated heterocycles. The number of halogens is 3. The Morgan fingerprint density at radius 3 is 2.33 bits per heavy atom. The molecule has 0 bridgehead atoms. The number of benzene rings is 2. The fraction of sp³-hybridized carbons (Fsp3) is 0.158. The van der Waals surface area contributed by atoms with E-state index in [2.05, 4.69) is 5.10 Å². The van der Waals surface area contributed by atoms with Gasteiger partial charge < -0.3 is 0 Å². The quantitative estimate of drug-likeness (QED) is 0.530. The van der Waals surface area contributed by atoms with E-state index in [4.69, 9.17) is 5.21 Å². The molecule has 3 aromatic rings. The zero-order valence-corrected chi connectivity index (χ0v) is 14.5. The lowest BCUT2D eigenvalue weighted by Crippen LogP contribution is -2.18. The van der Waals surface area contributed by atoms with Crippen LogP contribution in [0.5, 0.6) is 0 Å². The third kappa shape index (κ3) is 3.70. The third-order valence-electron chi connectivity index (χ3n) is 4.14. The summed E-state index contributed by atoms with van der Waals surface area (Å²) < 4.78 is 41.0. The van der Waals surface area contributed by atoms with E-state index in [1.165, 1.54) is 34.4 Å². The molecule has 0 fully saturated rings. The number of nitrogens with one attached hydrogen (secondary N) is 1. The van der Waals surface area contributed by atoms with Crippen LogP contribution in [0.3, 0.4) is 0 Å². The molecule has 0 spiro atoms. The molecule has 8 heteroatoms. The standard InChI is InChI=1S/C19H16F3N3O2/c1-11-3-4-12(2)15(9-11)16-10-17(19(20,21)22)23-25(16)14-7-5-13(6-8-14)18(26)24-27/h3-10,27H,1-2H3,(H,24,26). The largest absolute Gasteiger partial charge is 0.435 e. The molecule has 0 aliphatic carbocycles. The smallest absolute Gasteiger partial charge is 0.288 e. The first kappa shape index (κ1) is 18.7. The zero-order valence-electron chi connectivity index (χ0n) is 14.5. The molecule has 1 heterocycles. The highest BCUT2D eigenvalue weighted by Gasteiger charge is 2.35. The Morgan fingerprint density at radius 1 is 1.07 bits per heavy atom. The maximum absolute atomic E-state index is 13.3. The minimum atomic E-state index is -4.59. The molecule has 1 amide bonds.